The van der Waals surface area contributed by atoms with E-state index in [1.165, 1.54) is 11.9 Å². The first kappa shape index (κ1) is 20.4. The summed E-state index contributed by atoms with van der Waals surface area (Å²) < 4.78 is 5.10. The summed E-state index contributed by atoms with van der Waals surface area (Å²) in [5.74, 6) is -1.50. The molecule has 6 nitrogen and oxygen atoms in total. The number of ether oxygens (including phenoxy) is 1. The van der Waals surface area contributed by atoms with Crippen molar-refractivity contribution in [2.75, 3.05) is 25.5 Å². The summed E-state index contributed by atoms with van der Waals surface area (Å²) in [4.78, 5) is 37.7. The number of halogens is 1. The molecule has 7 heteroatoms. The minimum absolute atomic E-state index is 0.197. The van der Waals surface area contributed by atoms with E-state index in [2.05, 4.69) is 5.32 Å². The Labute approximate surface area is 173 Å². The standard InChI is InChI=1S/C22H19ClN2O4/c1-25(13-20(26)24-19-9-5-4-8-18(19)23)21(27)14-29-22(28)17-11-10-15-6-2-3-7-16(15)12-17/h2-12H,13-14H2,1H3,(H,24,26). The zero-order chi connectivity index (χ0) is 20.8. The molecule has 3 aromatic carbocycles. The van der Waals surface area contributed by atoms with E-state index >= 15 is 0 Å². The van der Waals surface area contributed by atoms with E-state index in [-0.39, 0.29) is 6.54 Å². The number of rotatable bonds is 6. The molecule has 0 aliphatic carbocycles. The van der Waals surface area contributed by atoms with Gasteiger partial charge in [-0.05, 0) is 35.0 Å². The average molecular weight is 411 g/mol. The van der Waals surface area contributed by atoms with Gasteiger partial charge in [-0.3, -0.25) is 9.59 Å². The number of hydrogen-bond acceptors (Lipinski definition) is 4. The Morgan fingerprint density at radius 3 is 2.41 bits per heavy atom. The third-order valence-corrected chi connectivity index (χ3v) is 4.60. The number of carbonyl (C=O) groups excluding carboxylic acids is 3. The fourth-order valence-electron chi connectivity index (χ4n) is 2.69. The third kappa shape index (κ3) is 5.33. The predicted molar refractivity (Wildman–Crippen MR) is 112 cm³/mol. The second kappa shape index (κ2) is 9.21. The molecule has 0 atom stereocenters. The molecule has 0 saturated carbocycles. The van der Waals surface area contributed by atoms with Gasteiger partial charge in [0, 0.05) is 7.05 Å². The van der Waals surface area contributed by atoms with Gasteiger partial charge in [-0.1, -0.05) is 54.1 Å². The number of likely N-dealkylation sites (N-methyl/N-ethyl adjacent to an activating group) is 1. The quantitative estimate of drug-likeness (QED) is 0.628. The zero-order valence-electron chi connectivity index (χ0n) is 15.7. The van der Waals surface area contributed by atoms with Gasteiger partial charge in [0.25, 0.3) is 5.91 Å². The molecule has 1 N–H and O–H groups in total. The summed E-state index contributed by atoms with van der Waals surface area (Å²) >= 11 is 5.99. The predicted octanol–water partition coefficient (Wildman–Crippen LogP) is 3.75. The molecule has 0 saturated heterocycles. The van der Waals surface area contributed by atoms with Gasteiger partial charge in [-0.25, -0.2) is 4.79 Å². The Morgan fingerprint density at radius 2 is 1.66 bits per heavy atom. The summed E-state index contributed by atoms with van der Waals surface area (Å²) in [5, 5.41) is 4.94. The van der Waals surface area contributed by atoms with Crippen molar-refractivity contribution in [1.82, 2.24) is 4.90 Å². The van der Waals surface area contributed by atoms with Crippen molar-refractivity contribution in [1.29, 1.82) is 0 Å². The van der Waals surface area contributed by atoms with Crippen molar-refractivity contribution in [3.63, 3.8) is 0 Å². The Bertz CT molecular complexity index is 1070. The smallest absolute Gasteiger partial charge is 0.338 e. The number of amides is 2. The number of para-hydroxylation sites is 1. The van der Waals surface area contributed by atoms with Crippen LogP contribution < -0.4 is 5.32 Å². The number of nitrogens with one attached hydrogen (secondary N) is 1. The summed E-state index contributed by atoms with van der Waals surface area (Å²) in [6.45, 7) is -0.654. The first-order valence-corrected chi connectivity index (χ1v) is 9.26. The van der Waals surface area contributed by atoms with Crippen molar-refractivity contribution in [3.8, 4) is 0 Å². The molecule has 0 radical (unpaired) electrons. The van der Waals surface area contributed by atoms with E-state index in [0.717, 1.165) is 10.8 Å². The van der Waals surface area contributed by atoms with Crippen LogP contribution in [0.25, 0.3) is 10.8 Å². The molecule has 0 aromatic heterocycles. The van der Waals surface area contributed by atoms with E-state index in [1.54, 1.807) is 36.4 Å². The van der Waals surface area contributed by atoms with Crippen LogP contribution in [0.4, 0.5) is 5.69 Å². The molecule has 0 bridgehead atoms. The number of esters is 1. The lowest BCUT2D eigenvalue weighted by Crippen LogP contribution is -2.37. The molecule has 0 aliphatic heterocycles. The minimum atomic E-state index is -0.599. The molecule has 148 valence electrons. The maximum atomic E-state index is 12.2. The SMILES string of the molecule is CN(CC(=O)Nc1ccccc1Cl)C(=O)COC(=O)c1ccc2ccccc2c1. The highest BCUT2D eigenvalue weighted by atomic mass is 35.5. The number of hydrogen-bond donors (Lipinski definition) is 1. The van der Waals surface area contributed by atoms with Crippen LogP contribution in [-0.2, 0) is 14.3 Å². The van der Waals surface area contributed by atoms with E-state index in [9.17, 15) is 14.4 Å². The number of benzene rings is 3. The van der Waals surface area contributed by atoms with Gasteiger partial charge in [0.05, 0.1) is 22.8 Å². The number of anilines is 1. The van der Waals surface area contributed by atoms with E-state index in [0.29, 0.717) is 16.3 Å². The normalized spacial score (nSPS) is 10.4. The summed E-state index contributed by atoms with van der Waals surface area (Å²) in [5.41, 5.74) is 0.818. The van der Waals surface area contributed by atoms with Gasteiger partial charge in [-0.2, -0.15) is 0 Å². The highest BCUT2D eigenvalue weighted by molar-refractivity contribution is 6.33. The summed E-state index contributed by atoms with van der Waals surface area (Å²) in [6.07, 6.45) is 0. The van der Waals surface area contributed by atoms with E-state index < -0.39 is 24.4 Å². The average Bonchev–Trinajstić information content (AvgIpc) is 2.73. The van der Waals surface area contributed by atoms with Crippen LogP contribution in [0.2, 0.25) is 5.02 Å². The van der Waals surface area contributed by atoms with Crippen molar-refractivity contribution >= 4 is 45.8 Å². The summed E-state index contributed by atoms with van der Waals surface area (Å²) in [6, 6.07) is 19.6. The Kier molecular flexibility index (Phi) is 6.46. The molecule has 0 aliphatic rings. The topological polar surface area (TPSA) is 75.7 Å². The largest absolute Gasteiger partial charge is 0.452 e. The number of nitrogens with zero attached hydrogens (tertiary/aromatic N) is 1. The summed E-state index contributed by atoms with van der Waals surface area (Å²) in [7, 11) is 1.46. The van der Waals surface area contributed by atoms with Crippen molar-refractivity contribution in [2.24, 2.45) is 0 Å². The molecule has 0 unspecified atom stereocenters. The van der Waals surface area contributed by atoms with Gasteiger partial charge < -0.3 is 15.0 Å². The second-order valence-corrected chi connectivity index (χ2v) is 6.82. The van der Waals surface area contributed by atoms with Crippen LogP contribution in [-0.4, -0.2) is 42.9 Å². The van der Waals surface area contributed by atoms with E-state index in [4.69, 9.17) is 16.3 Å². The molecule has 3 rings (SSSR count). The number of fused-ring (bicyclic) bond motifs is 1. The fraction of sp³-hybridized carbons (Fsp3) is 0.136. The molecule has 2 amide bonds. The highest BCUT2D eigenvalue weighted by Gasteiger charge is 2.16. The highest BCUT2D eigenvalue weighted by Crippen LogP contribution is 2.20. The van der Waals surface area contributed by atoms with Crippen molar-refractivity contribution in [2.45, 2.75) is 0 Å². The first-order chi connectivity index (χ1) is 13.9. The lowest BCUT2D eigenvalue weighted by atomic mass is 10.1. The molecule has 3 aromatic rings. The zero-order valence-corrected chi connectivity index (χ0v) is 16.5. The molecule has 0 spiro atoms. The van der Waals surface area contributed by atoms with Crippen LogP contribution >= 0.6 is 11.6 Å². The molecular formula is C22H19ClN2O4. The third-order valence-electron chi connectivity index (χ3n) is 4.27. The van der Waals surface area contributed by atoms with Gasteiger partial charge in [0.15, 0.2) is 6.61 Å². The van der Waals surface area contributed by atoms with Gasteiger partial charge in [0.2, 0.25) is 5.91 Å². The lowest BCUT2D eigenvalue weighted by molar-refractivity contribution is -0.136. The van der Waals surface area contributed by atoms with Gasteiger partial charge in [0.1, 0.15) is 0 Å². The van der Waals surface area contributed by atoms with Gasteiger partial charge in [-0.15, -0.1) is 0 Å². The maximum Gasteiger partial charge on any atom is 0.338 e. The monoisotopic (exact) mass is 410 g/mol. The van der Waals surface area contributed by atoms with Crippen LogP contribution in [0, 0.1) is 0 Å². The fourth-order valence-corrected chi connectivity index (χ4v) is 2.88. The second-order valence-electron chi connectivity index (χ2n) is 6.42. The lowest BCUT2D eigenvalue weighted by Gasteiger charge is -2.17. The van der Waals surface area contributed by atoms with Crippen molar-refractivity contribution in [3.05, 3.63) is 77.3 Å². The molecule has 0 heterocycles. The van der Waals surface area contributed by atoms with Crippen LogP contribution in [0.15, 0.2) is 66.7 Å². The Hall–Kier alpha value is -3.38. The number of carbonyl (C=O) groups is 3. The van der Waals surface area contributed by atoms with Crippen molar-refractivity contribution < 1.29 is 19.1 Å². The van der Waals surface area contributed by atoms with Crippen LogP contribution in [0.3, 0.4) is 0 Å². The van der Waals surface area contributed by atoms with Gasteiger partial charge >= 0.3 is 5.97 Å². The Morgan fingerprint density at radius 1 is 0.966 bits per heavy atom. The maximum absolute atomic E-state index is 12.2. The minimum Gasteiger partial charge on any atom is -0.452 e. The molecule has 29 heavy (non-hydrogen) atoms. The van der Waals surface area contributed by atoms with Crippen LogP contribution in [0.5, 0.6) is 0 Å². The first-order valence-electron chi connectivity index (χ1n) is 8.88. The molecular weight excluding hydrogens is 392 g/mol. The van der Waals surface area contributed by atoms with Crippen LogP contribution in [0.1, 0.15) is 10.4 Å². The Balaban J connectivity index is 1.51. The van der Waals surface area contributed by atoms with E-state index in [1.807, 2.05) is 30.3 Å². The molecule has 0 fully saturated rings.